The lowest BCUT2D eigenvalue weighted by Gasteiger charge is -2.07. The lowest BCUT2D eigenvalue weighted by atomic mass is 10.1. The second kappa shape index (κ2) is 7.34. The third-order valence-corrected chi connectivity index (χ3v) is 4.19. The van der Waals surface area contributed by atoms with E-state index in [1.54, 1.807) is 0 Å². The van der Waals surface area contributed by atoms with Crippen molar-refractivity contribution in [3.05, 3.63) is 38.3 Å². The molecule has 3 heteroatoms. The van der Waals surface area contributed by atoms with E-state index >= 15 is 0 Å². The molecule has 0 spiro atoms. The van der Waals surface area contributed by atoms with E-state index in [2.05, 4.69) is 82.2 Å². The second-order valence-electron chi connectivity index (χ2n) is 4.69. The Hall–Kier alpha value is -0.120. The number of rotatable bonds is 5. The molecule has 1 rings (SSSR count). The first kappa shape index (κ1) is 14.9. The first-order valence-corrected chi connectivity index (χ1v) is 7.40. The maximum atomic E-state index is 3.52. The Morgan fingerprint density at radius 2 is 2.00 bits per heavy atom. The third-order valence-electron chi connectivity index (χ3n) is 2.31. The standard InChI is InChI=1S/C14H19Br2N/c1-10(2)8-17-9-11(3)6-12-4-5-13(15)14(16)7-12/h4-7,10,17H,8-9H2,1-3H3/b11-6+. The van der Waals surface area contributed by atoms with Crippen LogP contribution in [0.3, 0.4) is 0 Å². The van der Waals surface area contributed by atoms with Crippen LogP contribution in [0.2, 0.25) is 0 Å². The fraction of sp³-hybridized carbons (Fsp3) is 0.429. The minimum Gasteiger partial charge on any atom is -0.313 e. The van der Waals surface area contributed by atoms with E-state index in [0.29, 0.717) is 5.92 Å². The van der Waals surface area contributed by atoms with Crippen LogP contribution in [0.5, 0.6) is 0 Å². The van der Waals surface area contributed by atoms with E-state index in [-0.39, 0.29) is 0 Å². The molecule has 0 aromatic heterocycles. The van der Waals surface area contributed by atoms with E-state index in [0.717, 1.165) is 22.0 Å². The summed E-state index contributed by atoms with van der Waals surface area (Å²) in [5.41, 5.74) is 2.57. The molecule has 17 heavy (non-hydrogen) atoms. The van der Waals surface area contributed by atoms with Crippen LogP contribution < -0.4 is 5.32 Å². The normalized spacial score (nSPS) is 12.2. The van der Waals surface area contributed by atoms with Crippen molar-refractivity contribution >= 4 is 37.9 Å². The van der Waals surface area contributed by atoms with E-state index < -0.39 is 0 Å². The Balaban J connectivity index is 2.58. The van der Waals surface area contributed by atoms with Gasteiger partial charge in [-0.25, -0.2) is 0 Å². The number of benzene rings is 1. The highest BCUT2D eigenvalue weighted by Crippen LogP contribution is 2.24. The second-order valence-corrected chi connectivity index (χ2v) is 6.40. The van der Waals surface area contributed by atoms with Crippen LogP contribution in [0.4, 0.5) is 0 Å². The summed E-state index contributed by atoms with van der Waals surface area (Å²) in [6, 6.07) is 6.29. The van der Waals surface area contributed by atoms with Crippen molar-refractivity contribution < 1.29 is 0 Å². The zero-order valence-corrected chi connectivity index (χ0v) is 13.7. The lowest BCUT2D eigenvalue weighted by Crippen LogP contribution is -2.21. The Morgan fingerprint density at radius 3 is 2.59 bits per heavy atom. The van der Waals surface area contributed by atoms with Crippen molar-refractivity contribution in [2.45, 2.75) is 20.8 Å². The van der Waals surface area contributed by atoms with Crippen LogP contribution in [0, 0.1) is 5.92 Å². The van der Waals surface area contributed by atoms with Crippen LogP contribution in [0.1, 0.15) is 26.3 Å². The van der Waals surface area contributed by atoms with Gasteiger partial charge in [0.1, 0.15) is 0 Å². The third kappa shape index (κ3) is 5.84. The quantitative estimate of drug-likeness (QED) is 0.790. The van der Waals surface area contributed by atoms with Gasteiger partial charge in [0.15, 0.2) is 0 Å². The fourth-order valence-electron chi connectivity index (χ4n) is 1.50. The maximum Gasteiger partial charge on any atom is 0.0323 e. The molecular weight excluding hydrogens is 342 g/mol. The van der Waals surface area contributed by atoms with E-state index in [9.17, 15) is 0 Å². The molecule has 1 aromatic carbocycles. The predicted molar refractivity (Wildman–Crippen MR) is 83.2 cm³/mol. The van der Waals surface area contributed by atoms with E-state index in [4.69, 9.17) is 0 Å². The Labute approximate surface area is 121 Å². The van der Waals surface area contributed by atoms with Crippen LogP contribution in [-0.4, -0.2) is 13.1 Å². The van der Waals surface area contributed by atoms with Gasteiger partial charge in [0.25, 0.3) is 0 Å². The molecule has 0 aliphatic rings. The largest absolute Gasteiger partial charge is 0.313 e. The van der Waals surface area contributed by atoms with Crippen LogP contribution in [0.25, 0.3) is 6.08 Å². The van der Waals surface area contributed by atoms with Gasteiger partial charge < -0.3 is 5.32 Å². The van der Waals surface area contributed by atoms with Crippen molar-refractivity contribution in [3.63, 3.8) is 0 Å². The molecule has 0 fully saturated rings. The topological polar surface area (TPSA) is 12.0 Å². The molecule has 0 aliphatic heterocycles. The van der Waals surface area contributed by atoms with Crippen molar-refractivity contribution in [2.75, 3.05) is 13.1 Å². The molecule has 0 radical (unpaired) electrons. The SMILES string of the molecule is C/C(=C\c1ccc(Br)c(Br)c1)CNCC(C)C. The van der Waals surface area contributed by atoms with Gasteiger partial charge >= 0.3 is 0 Å². The number of nitrogens with one attached hydrogen (secondary N) is 1. The van der Waals surface area contributed by atoms with Crippen molar-refractivity contribution in [3.8, 4) is 0 Å². The summed E-state index contributed by atoms with van der Waals surface area (Å²) < 4.78 is 2.18. The van der Waals surface area contributed by atoms with E-state index in [1.807, 2.05) is 0 Å². The monoisotopic (exact) mass is 359 g/mol. The molecule has 1 aromatic rings. The molecule has 0 bridgehead atoms. The van der Waals surface area contributed by atoms with Gasteiger partial charge in [-0.1, -0.05) is 31.6 Å². The predicted octanol–water partition coefficient (Wildman–Crippen LogP) is 4.86. The van der Waals surface area contributed by atoms with Crippen LogP contribution in [0.15, 0.2) is 32.7 Å². The highest BCUT2D eigenvalue weighted by Gasteiger charge is 1.98. The van der Waals surface area contributed by atoms with Gasteiger partial charge in [-0.05, 0) is 68.9 Å². The number of halogens is 2. The zero-order valence-electron chi connectivity index (χ0n) is 10.6. The highest BCUT2D eigenvalue weighted by molar-refractivity contribution is 9.13. The molecule has 0 unspecified atom stereocenters. The molecular formula is C14H19Br2N. The molecule has 0 atom stereocenters. The summed E-state index contributed by atoms with van der Waals surface area (Å²) in [6.45, 7) is 8.61. The van der Waals surface area contributed by atoms with Crippen molar-refractivity contribution in [1.82, 2.24) is 5.32 Å². The highest BCUT2D eigenvalue weighted by atomic mass is 79.9. The Bertz CT molecular complexity index is 397. The Morgan fingerprint density at radius 1 is 1.29 bits per heavy atom. The first-order valence-electron chi connectivity index (χ1n) is 5.82. The van der Waals surface area contributed by atoms with Crippen LogP contribution >= 0.6 is 31.9 Å². The molecule has 0 amide bonds. The Kier molecular flexibility index (Phi) is 6.45. The summed E-state index contributed by atoms with van der Waals surface area (Å²) in [5.74, 6) is 0.699. The minimum absolute atomic E-state index is 0.699. The fourth-order valence-corrected chi connectivity index (χ4v) is 2.14. The summed E-state index contributed by atoms with van der Waals surface area (Å²) in [6.07, 6.45) is 2.21. The molecule has 0 saturated carbocycles. The summed E-state index contributed by atoms with van der Waals surface area (Å²) in [7, 11) is 0. The maximum absolute atomic E-state index is 3.52. The van der Waals surface area contributed by atoms with Gasteiger partial charge in [-0.2, -0.15) is 0 Å². The molecule has 0 aliphatic carbocycles. The summed E-state index contributed by atoms with van der Waals surface area (Å²) in [5, 5.41) is 3.44. The van der Waals surface area contributed by atoms with Gasteiger partial charge in [0, 0.05) is 15.5 Å². The van der Waals surface area contributed by atoms with E-state index in [1.165, 1.54) is 11.1 Å². The molecule has 1 nitrogen and oxygen atoms in total. The summed E-state index contributed by atoms with van der Waals surface area (Å²) >= 11 is 6.99. The molecule has 0 heterocycles. The van der Waals surface area contributed by atoms with Gasteiger partial charge in [0.2, 0.25) is 0 Å². The summed E-state index contributed by atoms with van der Waals surface area (Å²) in [4.78, 5) is 0. The zero-order chi connectivity index (χ0) is 12.8. The van der Waals surface area contributed by atoms with Crippen molar-refractivity contribution in [2.24, 2.45) is 5.92 Å². The van der Waals surface area contributed by atoms with Crippen LogP contribution in [-0.2, 0) is 0 Å². The molecule has 0 saturated heterocycles. The molecule has 94 valence electrons. The smallest absolute Gasteiger partial charge is 0.0323 e. The lowest BCUT2D eigenvalue weighted by molar-refractivity contribution is 0.572. The average molecular weight is 361 g/mol. The minimum atomic E-state index is 0.699. The van der Waals surface area contributed by atoms with Crippen molar-refractivity contribution in [1.29, 1.82) is 0 Å². The molecule has 1 N–H and O–H groups in total. The first-order chi connectivity index (χ1) is 7.99. The number of hydrogen-bond donors (Lipinski definition) is 1. The average Bonchev–Trinajstić information content (AvgIpc) is 2.23. The van der Waals surface area contributed by atoms with Gasteiger partial charge in [-0.3, -0.25) is 0 Å². The van der Waals surface area contributed by atoms with Gasteiger partial charge in [0.05, 0.1) is 0 Å². The number of hydrogen-bond acceptors (Lipinski definition) is 1. The van der Waals surface area contributed by atoms with Gasteiger partial charge in [-0.15, -0.1) is 0 Å².